The zero-order valence-corrected chi connectivity index (χ0v) is 8.04. The van der Waals surface area contributed by atoms with E-state index in [1.165, 1.54) is 0 Å². The van der Waals surface area contributed by atoms with Crippen LogP contribution in [0.4, 0.5) is 0 Å². The van der Waals surface area contributed by atoms with Crippen LogP contribution in [0.5, 0.6) is 0 Å². The van der Waals surface area contributed by atoms with Crippen molar-refractivity contribution < 1.29 is 0 Å². The van der Waals surface area contributed by atoms with Crippen LogP contribution in [-0.2, 0) is 13.6 Å². The van der Waals surface area contributed by atoms with Gasteiger partial charge in [-0.05, 0) is 17.7 Å². The molecule has 2 N–H and O–H groups in total. The highest BCUT2D eigenvalue weighted by Crippen LogP contribution is 2.22. The molecule has 0 saturated heterocycles. The molecule has 0 amide bonds. The van der Waals surface area contributed by atoms with E-state index in [0.717, 1.165) is 16.5 Å². The number of fused-ring (bicyclic) bond motifs is 1. The standard InChI is InChI=1S/C9H10ClN3/c1-13-9(10)7-3-2-6(5-11)4-8(7)12-13/h2-4H,5,11H2,1H3. The van der Waals surface area contributed by atoms with Crippen molar-refractivity contribution in [1.29, 1.82) is 0 Å². The van der Waals surface area contributed by atoms with Crippen LogP contribution in [0.2, 0.25) is 5.15 Å². The predicted molar refractivity (Wildman–Crippen MR) is 53.6 cm³/mol. The number of rotatable bonds is 1. The van der Waals surface area contributed by atoms with E-state index in [2.05, 4.69) is 5.10 Å². The lowest BCUT2D eigenvalue weighted by Crippen LogP contribution is -1.95. The molecule has 2 aromatic rings. The molecular formula is C9H10ClN3. The molecule has 0 aliphatic heterocycles. The molecule has 1 aromatic heterocycles. The van der Waals surface area contributed by atoms with Crippen molar-refractivity contribution >= 4 is 22.5 Å². The van der Waals surface area contributed by atoms with Crippen LogP contribution in [0.15, 0.2) is 18.2 Å². The molecule has 3 nitrogen and oxygen atoms in total. The van der Waals surface area contributed by atoms with Gasteiger partial charge in [-0.15, -0.1) is 0 Å². The SMILES string of the molecule is Cn1nc2cc(CN)ccc2c1Cl. The van der Waals surface area contributed by atoms with Gasteiger partial charge in [-0.2, -0.15) is 5.10 Å². The van der Waals surface area contributed by atoms with E-state index in [0.29, 0.717) is 11.7 Å². The Kier molecular flexibility index (Phi) is 1.98. The summed E-state index contributed by atoms with van der Waals surface area (Å²) in [5, 5.41) is 5.89. The first kappa shape index (κ1) is 8.53. The Morgan fingerprint density at radius 2 is 2.31 bits per heavy atom. The molecule has 0 spiro atoms. The molecule has 0 atom stereocenters. The summed E-state index contributed by atoms with van der Waals surface area (Å²) in [6.07, 6.45) is 0. The second-order valence-corrected chi connectivity index (χ2v) is 3.33. The van der Waals surface area contributed by atoms with Gasteiger partial charge in [-0.1, -0.05) is 17.7 Å². The van der Waals surface area contributed by atoms with E-state index >= 15 is 0 Å². The lowest BCUT2D eigenvalue weighted by atomic mass is 10.2. The van der Waals surface area contributed by atoms with Crippen molar-refractivity contribution in [3.05, 3.63) is 28.9 Å². The zero-order chi connectivity index (χ0) is 9.42. The smallest absolute Gasteiger partial charge is 0.134 e. The van der Waals surface area contributed by atoms with Crippen molar-refractivity contribution in [1.82, 2.24) is 9.78 Å². The number of nitrogens with zero attached hydrogens (tertiary/aromatic N) is 2. The third-order valence-electron chi connectivity index (χ3n) is 2.06. The van der Waals surface area contributed by atoms with Gasteiger partial charge < -0.3 is 5.73 Å². The molecule has 0 aliphatic carbocycles. The normalized spacial score (nSPS) is 11.0. The summed E-state index contributed by atoms with van der Waals surface area (Å²) in [7, 11) is 1.82. The number of hydrogen-bond donors (Lipinski definition) is 1. The summed E-state index contributed by atoms with van der Waals surface area (Å²) in [5.41, 5.74) is 7.49. The Labute approximate surface area is 81.1 Å². The summed E-state index contributed by atoms with van der Waals surface area (Å²) in [4.78, 5) is 0. The Hall–Kier alpha value is -1.06. The summed E-state index contributed by atoms with van der Waals surface area (Å²) in [6, 6.07) is 5.88. The van der Waals surface area contributed by atoms with Gasteiger partial charge in [0.15, 0.2) is 0 Å². The quantitative estimate of drug-likeness (QED) is 0.753. The summed E-state index contributed by atoms with van der Waals surface area (Å²) in [6.45, 7) is 0.532. The molecule has 4 heteroatoms. The predicted octanol–water partition coefficient (Wildman–Crippen LogP) is 1.69. The molecule has 0 aliphatic rings. The second-order valence-electron chi connectivity index (χ2n) is 2.97. The van der Waals surface area contributed by atoms with E-state index in [1.807, 2.05) is 25.2 Å². The van der Waals surface area contributed by atoms with Crippen LogP contribution in [0.25, 0.3) is 10.9 Å². The first-order chi connectivity index (χ1) is 6.22. The number of nitrogens with two attached hydrogens (primary N) is 1. The van der Waals surface area contributed by atoms with Gasteiger partial charge in [0.2, 0.25) is 0 Å². The maximum atomic E-state index is 6.01. The molecule has 0 radical (unpaired) electrons. The topological polar surface area (TPSA) is 43.8 Å². The highest BCUT2D eigenvalue weighted by molar-refractivity contribution is 6.34. The van der Waals surface area contributed by atoms with Crippen molar-refractivity contribution in [2.45, 2.75) is 6.54 Å². The van der Waals surface area contributed by atoms with Crippen LogP contribution in [0.3, 0.4) is 0 Å². The van der Waals surface area contributed by atoms with Crippen molar-refractivity contribution in [3.8, 4) is 0 Å². The Morgan fingerprint density at radius 1 is 1.54 bits per heavy atom. The summed E-state index contributed by atoms with van der Waals surface area (Å²) < 4.78 is 1.66. The van der Waals surface area contributed by atoms with Crippen molar-refractivity contribution in [2.24, 2.45) is 12.8 Å². The maximum absolute atomic E-state index is 6.01. The van der Waals surface area contributed by atoms with E-state index in [-0.39, 0.29) is 0 Å². The molecule has 0 fully saturated rings. The average Bonchev–Trinajstić information content (AvgIpc) is 2.42. The Bertz CT molecular complexity index is 447. The molecule has 2 rings (SSSR count). The van der Waals surface area contributed by atoms with Crippen LogP contribution in [0.1, 0.15) is 5.56 Å². The first-order valence-electron chi connectivity index (χ1n) is 4.03. The maximum Gasteiger partial charge on any atom is 0.134 e. The van der Waals surface area contributed by atoms with Gasteiger partial charge in [0, 0.05) is 19.0 Å². The highest BCUT2D eigenvalue weighted by atomic mass is 35.5. The molecule has 68 valence electrons. The van der Waals surface area contributed by atoms with Gasteiger partial charge in [0.25, 0.3) is 0 Å². The summed E-state index contributed by atoms with van der Waals surface area (Å²) >= 11 is 6.01. The van der Waals surface area contributed by atoms with Crippen LogP contribution < -0.4 is 5.73 Å². The lowest BCUT2D eigenvalue weighted by Gasteiger charge is -1.94. The number of benzene rings is 1. The molecule has 0 unspecified atom stereocenters. The fourth-order valence-corrected chi connectivity index (χ4v) is 1.54. The van der Waals surface area contributed by atoms with Crippen LogP contribution in [-0.4, -0.2) is 9.78 Å². The minimum atomic E-state index is 0.532. The number of halogens is 1. The van der Waals surface area contributed by atoms with E-state index in [1.54, 1.807) is 4.68 Å². The monoisotopic (exact) mass is 195 g/mol. The second kappa shape index (κ2) is 3.01. The fourth-order valence-electron chi connectivity index (χ4n) is 1.34. The summed E-state index contributed by atoms with van der Waals surface area (Å²) in [5.74, 6) is 0. The van der Waals surface area contributed by atoms with E-state index < -0.39 is 0 Å². The number of aryl methyl sites for hydroxylation is 1. The third kappa shape index (κ3) is 1.30. The lowest BCUT2D eigenvalue weighted by molar-refractivity contribution is 0.780. The molecule has 0 bridgehead atoms. The van der Waals surface area contributed by atoms with E-state index in [9.17, 15) is 0 Å². The van der Waals surface area contributed by atoms with Gasteiger partial charge in [0.05, 0.1) is 5.52 Å². The molecule has 0 saturated carbocycles. The fraction of sp³-hybridized carbons (Fsp3) is 0.222. The van der Waals surface area contributed by atoms with Crippen molar-refractivity contribution in [3.63, 3.8) is 0 Å². The van der Waals surface area contributed by atoms with Gasteiger partial charge in [-0.3, -0.25) is 4.68 Å². The van der Waals surface area contributed by atoms with Crippen LogP contribution in [0, 0.1) is 0 Å². The van der Waals surface area contributed by atoms with Crippen molar-refractivity contribution in [2.75, 3.05) is 0 Å². The Balaban J connectivity index is 2.73. The van der Waals surface area contributed by atoms with Gasteiger partial charge in [0.1, 0.15) is 5.15 Å². The number of aromatic nitrogens is 2. The number of hydrogen-bond acceptors (Lipinski definition) is 2. The van der Waals surface area contributed by atoms with E-state index in [4.69, 9.17) is 17.3 Å². The molecule has 1 heterocycles. The highest BCUT2D eigenvalue weighted by Gasteiger charge is 2.05. The Morgan fingerprint density at radius 3 is 3.00 bits per heavy atom. The minimum Gasteiger partial charge on any atom is -0.326 e. The van der Waals surface area contributed by atoms with Crippen LogP contribution >= 0.6 is 11.6 Å². The molecule has 1 aromatic carbocycles. The largest absolute Gasteiger partial charge is 0.326 e. The zero-order valence-electron chi connectivity index (χ0n) is 7.29. The average molecular weight is 196 g/mol. The van der Waals surface area contributed by atoms with Gasteiger partial charge >= 0.3 is 0 Å². The molecule has 13 heavy (non-hydrogen) atoms. The third-order valence-corrected chi connectivity index (χ3v) is 2.51. The first-order valence-corrected chi connectivity index (χ1v) is 4.41. The van der Waals surface area contributed by atoms with Gasteiger partial charge in [-0.25, -0.2) is 0 Å². The molecular weight excluding hydrogens is 186 g/mol. The minimum absolute atomic E-state index is 0.532.